The minimum atomic E-state index is -0.128. The van der Waals surface area contributed by atoms with Gasteiger partial charge in [0.2, 0.25) is 5.88 Å². The Hall–Kier alpha value is -1.58. The van der Waals surface area contributed by atoms with E-state index in [0.717, 1.165) is 5.69 Å². The summed E-state index contributed by atoms with van der Waals surface area (Å²) in [6.45, 7) is 4.19. The van der Waals surface area contributed by atoms with Gasteiger partial charge in [0.05, 0.1) is 0 Å². The summed E-state index contributed by atoms with van der Waals surface area (Å²) in [6.07, 6.45) is 0. The molecule has 0 bridgehead atoms. The average Bonchev–Trinajstić information content (AvgIpc) is 2.16. The van der Waals surface area contributed by atoms with E-state index in [-0.39, 0.29) is 12.5 Å². The first-order chi connectivity index (χ1) is 6.66. The van der Waals surface area contributed by atoms with Crippen LogP contribution < -0.4 is 10.1 Å². The Kier molecular flexibility index (Phi) is 2.11. The van der Waals surface area contributed by atoms with Crippen molar-refractivity contribution in [3.63, 3.8) is 0 Å². The first kappa shape index (κ1) is 8.99. The number of hydrogen-bond acceptors (Lipinski definition) is 3. The molecule has 2 heterocycles. The van der Waals surface area contributed by atoms with Crippen LogP contribution in [0, 0.1) is 0 Å². The maximum atomic E-state index is 11.0. The molecule has 1 aliphatic rings. The van der Waals surface area contributed by atoms with Gasteiger partial charge in [-0.3, -0.25) is 4.79 Å². The zero-order valence-electron chi connectivity index (χ0n) is 8.20. The maximum absolute atomic E-state index is 11.0. The van der Waals surface area contributed by atoms with Crippen LogP contribution in [0.3, 0.4) is 0 Å². The van der Waals surface area contributed by atoms with Gasteiger partial charge < -0.3 is 10.1 Å². The van der Waals surface area contributed by atoms with E-state index in [1.807, 2.05) is 12.1 Å². The van der Waals surface area contributed by atoms with Gasteiger partial charge >= 0.3 is 0 Å². The van der Waals surface area contributed by atoms with Crippen LogP contribution >= 0.6 is 0 Å². The van der Waals surface area contributed by atoms with Crippen LogP contribution in [0.25, 0.3) is 0 Å². The summed E-state index contributed by atoms with van der Waals surface area (Å²) in [5.74, 6) is 0.758. The van der Waals surface area contributed by atoms with Crippen molar-refractivity contribution in [2.24, 2.45) is 0 Å². The molecule has 1 aliphatic heterocycles. The van der Waals surface area contributed by atoms with Crippen molar-refractivity contribution in [3.05, 3.63) is 17.8 Å². The highest BCUT2D eigenvalue weighted by Gasteiger charge is 2.17. The highest BCUT2D eigenvalue weighted by atomic mass is 16.5. The molecule has 0 fully saturated rings. The second kappa shape index (κ2) is 3.29. The summed E-state index contributed by atoms with van der Waals surface area (Å²) in [6, 6.07) is 3.73. The minimum absolute atomic E-state index is 0.0571. The highest BCUT2D eigenvalue weighted by Crippen LogP contribution is 2.27. The molecule has 1 N–H and O–H groups in total. The van der Waals surface area contributed by atoms with Gasteiger partial charge in [-0.05, 0) is 18.1 Å². The largest absolute Gasteiger partial charge is 0.466 e. The second-order valence-corrected chi connectivity index (χ2v) is 3.58. The fraction of sp³-hybridized carbons (Fsp3) is 0.400. The third-order valence-electron chi connectivity index (χ3n) is 2.09. The zero-order chi connectivity index (χ0) is 10.1. The fourth-order valence-electron chi connectivity index (χ4n) is 1.30. The van der Waals surface area contributed by atoms with Crippen molar-refractivity contribution < 1.29 is 9.53 Å². The van der Waals surface area contributed by atoms with E-state index >= 15 is 0 Å². The molecule has 0 radical (unpaired) electrons. The summed E-state index contributed by atoms with van der Waals surface area (Å²) in [7, 11) is 0. The predicted octanol–water partition coefficient (Wildman–Crippen LogP) is 1.54. The first-order valence-electron chi connectivity index (χ1n) is 4.60. The Bertz CT molecular complexity index is 374. The molecule has 1 amide bonds. The molecule has 1 aromatic rings. The van der Waals surface area contributed by atoms with Gasteiger partial charge in [0, 0.05) is 5.69 Å². The monoisotopic (exact) mass is 192 g/mol. The van der Waals surface area contributed by atoms with Crippen molar-refractivity contribution in [3.8, 4) is 5.88 Å². The molecule has 14 heavy (non-hydrogen) atoms. The van der Waals surface area contributed by atoms with E-state index in [9.17, 15) is 4.79 Å². The summed E-state index contributed by atoms with van der Waals surface area (Å²) in [5.41, 5.74) is 1.63. The molecule has 0 spiro atoms. The van der Waals surface area contributed by atoms with Crippen molar-refractivity contribution in [2.75, 3.05) is 11.9 Å². The Balaban J connectivity index is 2.36. The third-order valence-corrected chi connectivity index (χ3v) is 2.09. The van der Waals surface area contributed by atoms with Crippen LogP contribution in [0.15, 0.2) is 12.1 Å². The molecule has 0 aliphatic carbocycles. The summed E-state index contributed by atoms with van der Waals surface area (Å²) in [4.78, 5) is 15.3. The lowest BCUT2D eigenvalue weighted by Crippen LogP contribution is -2.26. The topological polar surface area (TPSA) is 51.2 Å². The lowest BCUT2D eigenvalue weighted by Gasteiger charge is -2.17. The molecule has 0 saturated heterocycles. The van der Waals surface area contributed by atoms with Gasteiger partial charge in [-0.25, -0.2) is 4.98 Å². The normalized spacial score (nSPS) is 14.6. The Labute approximate surface area is 82.3 Å². The number of carbonyl (C=O) groups is 1. The van der Waals surface area contributed by atoms with E-state index in [4.69, 9.17) is 4.74 Å². The smallest absolute Gasteiger partial charge is 0.262 e. The molecule has 0 aromatic carbocycles. The number of anilines is 1. The fourth-order valence-corrected chi connectivity index (χ4v) is 1.30. The predicted molar refractivity (Wildman–Crippen MR) is 52.5 cm³/mol. The Morgan fingerprint density at radius 1 is 1.50 bits per heavy atom. The van der Waals surface area contributed by atoms with Crippen LogP contribution in [0.4, 0.5) is 5.69 Å². The molecular weight excluding hydrogens is 180 g/mol. The number of carbonyl (C=O) groups excluding carboxylic acids is 1. The van der Waals surface area contributed by atoms with Gasteiger partial charge in [-0.15, -0.1) is 0 Å². The highest BCUT2D eigenvalue weighted by molar-refractivity contribution is 5.94. The number of nitrogens with one attached hydrogen (secondary N) is 1. The van der Waals surface area contributed by atoms with Gasteiger partial charge in [-0.1, -0.05) is 13.8 Å². The SMILES string of the molecule is CC(C)c1ccc2c(n1)OCC(=O)N2. The van der Waals surface area contributed by atoms with Gasteiger partial charge in [-0.2, -0.15) is 0 Å². The second-order valence-electron chi connectivity index (χ2n) is 3.58. The van der Waals surface area contributed by atoms with Crippen molar-refractivity contribution >= 4 is 11.6 Å². The summed E-state index contributed by atoms with van der Waals surface area (Å²) in [5, 5.41) is 2.70. The van der Waals surface area contributed by atoms with Crippen LogP contribution in [-0.2, 0) is 4.79 Å². The average molecular weight is 192 g/mol. The number of rotatable bonds is 1. The van der Waals surface area contributed by atoms with Gasteiger partial charge in [0.1, 0.15) is 5.69 Å². The summed E-state index contributed by atoms with van der Waals surface area (Å²) < 4.78 is 5.20. The van der Waals surface area contributed by atoms with Crippen LogP contribution in [0.5, 0.6) is 5.88 Å². The Morgan fingerprint density at radius 3 is 3.00 bits per heavy atom. The summed E-state index contributed by atoms with van der Waals surface area (Å²) >= 11 is 0. The molecule has 74 valence electrons. The number of aromatic nitrogens is 1. The third kappa shape index (κ3) is 1.55. The number of pyridine rings is 1. The molecule has 0 atom stereocenters. The standard InChI is InChI=1S/C10H12N2O2/c1-6(2)7-3-4-8-10(12-7)14-5-9(13)11-8/h3-4,6H,5H2,1-2H3,(H,11,13). The van der Waals surface area contributed by atoms with E-state index in [2.05, 4.69) is 24.1 Å². The van der Waals surface area contributed by atoms with Crippen molar-refractivity contribution in [2.45, 2.75) is 19.8 Å². The molecular formula is C10H12N2O2. The first-order valence-corrected chi connectivity index (χ1v) is 4.60. The molecule has 4 heteroatoms. The van der Waals surface area contributed by atoms with Crippen LogP contribution in [-0.4, -0.2) is 17.5 Å². The number of ether oxygens (including phenoxy) is 1. The van der Waals surface area contributed by atoms with E-state index in [1.54, 1.807) is 0 Å². The van der Waals surface area contributed by atoms with Crippen LogP contribution in [0.1, 0.15) is 25.5 Å². The molecule has 0 unspecified atom stereocenters. The molecule has 0 saturated carbocycles. The zero-order valence-corrected chi connectivity index (χ0v) is 8.20. The lowest BCUT2D eigenvalue weighted by molar-refractivity contribution is -0.118. The number of nitrogens with zero attached hydrogens (tertiary/aromatic N) is 1. The van der Waals surface area contributed by atoms with Crippen molar-refractivity contribution in [1.82, 2.24) is 4.98 Å². The molecule has 1 aromatic heterocycles. The van der Waals surface area contributed by atoms with Gasteiger partial charge in [0.15, 0.2) is 6.61 Å². The minimum Gasteiger partial charge on any atom is -0.466 e. The molecule has 4 nitrogen and oxygen atoms in total. The molecule has 2 rings (SSSR count). The Morgan fingerprint density at radius 2 is 2.29 bits per heavy atom. The number of amides is 1. The van der Waals surface area contributed by atoms with E-state index in [1.165, 1.54) is 0 Å². The van der Waals surface area contributed by atoms with E-state index in [0.29, 0.717) is 17.5 Å². The maximum Gasteiger partial charge on any atom is 0.262 e. The van der Waals surface area contributed by atoms with E-state index < -0.39 is 0 Å². The quantitative estimate of drug-likeness (QED) is 0.734. The van der Waals surface area contributed by atoms with Gasteiger partial charge in [0.25, 0.3) is 5.91 Å². The lowest BCUT2D eigenvalue weighted by atomic mass is 10.1. The van der Waals surface area contributed by atoms with Crippen molar-refractivity contribution in [1.29, 1.82) is 0 Å². The number of fused-ring (bicyclic) bond motifs is 1. The number of hydrogen-bond donors (Lipinski definition) is 1. The van der Waals surface area contributed by atoms with Crippen LogP contribution in [0.2, 0.25) is 0 Å².